The molecule has 1 heterocycles. The molecule has 0 unspecified atom stereocenters. The minimum Gasteiger partial charge on any atom is -0.375 e. The minimum absolute atomic E-state index is 0.185. The number of carbonyl (C=O) groups is 2. The highest BCUT2D eigenvalue weighted by atomic mass is 16.6. The zero-order chi connectivity index (χ0) is 7.56. The van der Waals surface area contributed by atoms with Gasteiger partial charge in [-0.1, -0.05) is 0 Å². The van der Waals surface area contributed by atoms with Crippen LogP contribution in [0.25, 0.3) is 0 Å². The predicted molar refractivity (Wildman–Crippen MR) is 31.9 cm³/mol. The molecule has 1 saturated heterocycles. The van der Waals surface area contributed by atoms with Crippen molar-refractivity contribution in [3.05, 3.63) is 0 Å². The standard InChI is InChI=1S/C6H5NO3/c1-2-3-4-5(8)10-6(9)7-4/h1,4H,3H2,(H,7,9)/t4-/m0/s1. The number of terminal acetylenes is 1. The van der Waals surface area contributed by atoms with E-state index in [-0.39, 0.29) is 6.42 Å². The average molecular weight is 139 g/mol. The first kappa shape index (κ1) is 6.62. The molecule has 1 aliphatic rings. The van der Waals surface area contributed by atoms with Gasteiger partial charge < -0.3 is 10.1 Å². The number of hydrogen-bond acceptors (Lipinski definition) is 3. The zero-order valence-corrected chi connectivity index (χ0v) is 5.09. The summed E-state index contributed by atoms with van der Waals surface area (Å²) in [5.74, 6) is 1.65. The van der Waals surface area contributed by atoms with Gasteiger partial charge in [-0.2, -0.15) is 0 Å². The summed E-state index contributed by atoms with van der Waals surface area (Å²) < 4.78 is 4.14. The summed E-state index contributed by atoms with van der Waals surface area (Å²) in [6, 6.07) is -0.641. The van der Waals surface area contributed by atoms with Crippen molar-refractivity contribution in [3.63, 3.8) is 0 Å². The second kappa shape index (κ2) is 2.40. The molecule has 10 heavy (non-hydrogen) atoms. The molecule has 0 aromatic rings. The number of amides is 1. The van der Waals surface area contributed by atoms with E-state index in [1.807, 2.05) is 0 Å². The molecule has 0 radical (unpaired) electrons. The second-order valence-corrected chi connectivity index (χ2v) is 1.81. The fourth-order valence-corrected chi connectivity index (χ4v) is 0.645. The third-order valence-corrected chi connectivity index (χ3v) is 1.09. The van der Waals surface area contributed by atoms with Gasteiger partial charge in [-0.3, -0.25) is 0 Å². The van der Waals surface area contributed by atoms with Crippen molar-refractivity contribution in [3.8, 4) is 12.3 Å². The van der Waals surface area contributed by atoms with Gasteiger partial charge in [0.05, 0.1) is 0 Å². The quantitative estimate of drug-likeness (QED) is 0.307. The summed E-state index contributed by atoms with van der Waals surface area (Å²) >= 11 is 0. The number of ether oxygens (including phenoxy) is 1. The van der Waals surface area contributed by atoms with E-state index in [9.17, 15) is 9.59 Å². The lowest BCUT2D eigenvalue weighted by molar-refractivity contribution is -0.135. The highest BCUT2D eigenvalue weighted by Gasteiger charge is 2.31. The van der Waals surface area contributed by atoms with Crippen molar-refractivity contribution in [1.29, 1.82) is 0 Å². The monoisotopic (exact) mass is 139 g/mol. The van der Waals surface area contributed by atoms with Gasteiger partial charge in [0.15, 0.2) is 0 Å². The first-order valence-electron chi connectivity index (χ1n) is 2.69. The fourth-order valence-electron chi connectivity index (χ4n) is 0.645. The van der Waals surface area contributed by atoms with Crippen molar-refractivity contribution < 1.29 is 14.3 Å². The van der Waals surface area contributed by atoms with Crippen molar-refractivity contribution in [2.45, 2.75) is 12.5 Å². The van der Waals surface area contributed by atoms with Gasteiger partial charge in [-0.25, -0.2) is 9.59 Å². The molecule has 0 aliphatic carbocycles. The van der Waals surface area contributed by atoms with Crippen LogP contribution in [0.1, 0.15) is 6.42 Å². The van der Waals surface area contributed by atoms with Gasteiger partial charge >= 0.3 is 12.1 Å². The molecule has 1 N–H and O–H groups in total. The van der Waals surface area contributed by atoms with Crippen molar-refractivity contribution in [2.75, 3.05) is 0 Å². The maximum Gasteiger partial charge on any atom is 0.415 e. The normalized spacial score (nSPS) is 23.3. The molecule has 0 spiro atoms. The summed E-state index contributed by atoms with van der Waals surface area (Å²) in [7, 11) is 0. The molecule has 1 aliphatic heterocycles. The Balaban J connectivity index is 2.56. The Kier molecular flexibility index (Phi) is 1.59. The van der Waals surface area contributed by atoms with Gasteiger partial charge in [0, 0.05) is 6.42 Å². The van der Waals surface area contributed by atoms with E-state index in [0.29, 0.717) is 0 Å². The number of esters is 1. The third kappa shape index (κ3) is 1.08. The summed E-state index contributed by atoms with van der Waals surface area (Å²) in [6.45, 7) is 0. The molecule has 1 atom stereocenters. The van der Waals surface area contributed by atoms with E-state index >= 15 is 0 Å². The van der Waals surface area contributed by atoms with E-state index in [1.54, 1.807) is 0 Å². The number of cyclic esters (lactones) is 2. The lowest BCUT2D eigenvalue weighted by atomic mass is 10.2. The Morgan fingerprint density at radius 1 is 1.70 bits per heavy atom. The SMILES string of the molecule is C#CC[C@@H]1NC(=O)OC1=O. The number of hydrogen-bond donors (Lipinski definition) is 1. The van der Waals surface area contributed by atoms with Crippen LogP contribution in [-0.4, -0.2) is 18.1 Å². The molecule has 52 valence electrons. The maximum atomic E-state index is 10.6. The highest BCUT2D eigenvalue weighted by Crippen LogP contribution is 2.02. The first-order valence-corrected chi connectivity index (χ1v) is 2.69. The summed E-state index contributed by atoms with van der Waals surface area (Å²) in [4.78, 5) is 20.9. The van der Waals surface area contributed by atoms with Crippen LogP contribution in [0.2, 0.25) is 0 Å². The van der Waals surface area contributed by atoms with Crippen LogP contribution in [-0.2, 0) is 9.53 Å². The van der Waals surface area contributed by atoms with Crippen LogP contribution in [0.3, 0.4) is 0 Å². The van der Waals surface area contributed by atoms with Crippen LogP contribution in [0.4, 0.5) is 4.79 Å². The molecule has 1 rings (SSSR count). The molecule has 0 aromatic carbocycles. The molecule has 1 fully saturated rings. The van der Waals surface area contributed by atoms with E-state index in [2.05, 4.69) is 16.0 Å². The van der Waals surface area contributed by atoms with E-state index in [4.69, 9.17) is 6.42 Å². The van der Waals surface area contributed by atoms with E-state index < -0.39 is 18.1 Å². The molecule has 0 bridgehead atoms. The van der Waals surface area contributed by atoms with Crippen molar-refractivity contribution in [2.24, 2.45) is 0 Å². The Morgan fingerprint density at radius 2 is 2.40 bits per heavy atom. The van der Waals surface area contributed by atoms with Crippen molar-refractivity contribution >= 4 is 12.1 Å². The molecule has 1 amide bonds. The Hall–Kier alpha value is -1.50. The van der Waals surface area contributed by atoms with Crippen molar-refractivity contribution in [1.82, 2.24) is 5.32 Å². The Bertz CT molecular complexity index is 216. The van der Waals surface area contributed by atoms with Crippen LogP contribution in [0.15, 0.2) is 0 Å². The van der Waals surface area contributed by atoms with Gasteiger partial charge in [-0.15, -0.1) is 12.3 Å². The number of nitrogens with one attached hydrogen (secondary N) is 1. The summed E-state index contributed by atoms with van der Waals surface area (Å²) in [5.41, 5.74) is 0. The third-order valence-electron chi connectivity index (χ3n) is 1.09. The average Bonchev–Trinajstić information content (AvgIpc) is 2.13. The lowest BCUT2D eigenvalue weighted by Gasteiger charge is -1.95. The van der Waals surface area contributed by atoms with E-state index in [0.717, 1.165) is 0 Å². The minimum atomic E-state index is -0.717. The van der Waals surface area contributed by atoms with E-state index in [1.165, 1.54) is 0 Å². The smallest absolute Gasteiger partial charge is 0.375 e. The Labute approximate surface area is 57.5 Å². The number of carbonyl (C=O) groups excluding carboxylic acids is 2. The largest absolute Gasteiger partial charge is 0.415 e. The summed E-state index contributed by atoms with van der Waals surface area (Å²) in [6.07, 6.45) is 4.37. The van der Waals surface area contributed by atoms with Gasteiger partial charge in [0.25, 0.3) is 0 Å². The van der Waals surface area contributed by atoms with Gasteiger partial charge in [-0.05, 0) is 0 Å². The molecule has 0 saturated carbocycles. The topological polar surface area (TPSA) is 55.4 Å². The molecular weight excluding hydrogens is 134 g/mol. The second-order valence-electron chi connectivity index (χ2n) is 1.81. The van der Waals surface area contributed by atoms with Crippen LogP contribution < -0.4 is 5.32 Å². The highest BCUT2D eigenvalue weighted by molar-refractivity contribution is 5.95. The van der Waals surface area contributed by atoms with Crippen LogP contribution >= 0.6 is 0 Å². The fraction of sp³-hybridized carbons (Fsp3) is 0.333. The summed E-state index contributed by atoms with van der Waals surface area (Å²) in [5, 5.41) is 2.25. The predicted octanol–water partition coefficient (Wildman–Crippen LogP) is -0.355. The Morgan fingerprint density at radius 3 is 2.80 bits per heavy atom. The first-order chi connectivity index (χ1) is 4.74. The molecular formula is C6H5NO3. The molecule has 4 heteroatoms. The zero-order valence-electron chi connectivity index (χ0n) is 5.09. The van der Waals surface area contributed by atoms with Crippen LogP contribution in [0, 0.1) is 12.3 Å². The number of rotatable bonds is 1. The lowest BCUT2D eigenvalue weighted by Crippen LogP contribution is -2.27. The van der Waals surface area contributed by atoms with Gasteiger partial charge in [0.1, 0.15) is 6.04 Å². The molecule has 0 aromatic heterocycles. The van der Waals surface area contributed by atoms with Gasteiger partial charge in [0.2, 0.25) is 0 Å². The van der Waals surface area contributed by atoms with Crippen LogP contribution in [0.5, 0.6) is 0 Å². The maximum absolute atomic E-state index is 10.6. The molecule has 4 nitrogen and oxygen atoms in total. The number of alkyl carbamates (subject to hydrolysis) is 1.